The van der Waals surface area contributed by atoms with Crippen molar-refractivity contribution < 1.29 is 8.42 Å². The van der Waals surface area contributed by atoms with E-state index in [2.05, 4.69) is 26.7 Å². The van der Waals surface area contributed by atoms with Gasteiger partial charge in [0.25, 0.3) is 0 Å². The first-order valence-electron chi connectivity index (χ1n) is 6.13. The first-order valence-corrected chi connectivity index (χ1v) is 8.74. The zero-order valence-corrected chi connectivity index (χ0v) is 12.7. The van der Waals surface area contributed by atoms with Crippen LogP contribution in [0, 0.1) is 17.2 Å². The molecule has 2 atom stereocenters. The summed E-state index contributed by atoms with van der Waals surface area (Å²) >= 11 is 3.32. The van der Waals surface area contributed by atoms with Crippen LogP contribution in [0.4, 0.5) is 0 Å². The molecule has 0 amide bonds. The van der Waals surface area contributed by atoms with Gasteiger partial charge in [0, 0.05) is 11.4 Å². The van der Waals surface area contributed by atoms with Crippen molar-refractivity contribution in [1.82, 2.24) is 4.72 Å². The van der Waals surface area contributed by atoms with Crippen molar-refractivity contribution in [1.29, 1.82) is 5.26 Å². The second kappa shape index (κ2) is 6.04. The Morgan fingerprint density at radius 3 is 2.58 bits per heavy atom. The van der Waals surface area contributed by atoms with Crippen LogP contribution in [0.15, 0.2) is 29.2 Å². The van der Waals surface area contributed by atoms with Crippen molar-refractivity contribution in [2.75, 3.05) is 0 Å². The van der Waals surface area contributed by atoms with Crippen LogP contribution in [0.1, 0.15) is 24.8 Å². The van der Waals surface area contributed by atoms with Gasteiger partial charge in [-0.3, -0.25) is 0 Å². The largest absolute Gasteiger partial charge is 0.240 e. The lowest BCUT2D eigenvalue weighted by atomic mass is 10.1. The summed E-state index contributed by atoms with van der Waals surface area (Å²) in [6.07, 6.45) is 2.40. The van der Waals surface area contributed by atoms with Crippen LogP contribution in [0.2, 0.25) is 0 Å². The monoisotopic (exact) mass is 342 g/mol. The van der Waals surface area contributed by atoms with E-state index in [0.717, 1.165) is 24.8 Å². The Kier molecular flexibility index (Phi) is 4.61. The topological polar surface area (TPSA) is 70.0 Å². The normalized spacial score (nSPS) is 23.2. The minimum Gasteiger partial charge on any atom is -0.207 e. The van der Waals surface area contributed by atoms with Crippen LogP contribution in [-0.4, -0.2) is 14.5 Å². The number of nitrogens with zero attached hydrogens (tertiary/aromatic N) is 1. The molecule has 1 saturated carbocycles. The maximum Gasteiger partial charge on any atom is 0.240 e. The number of rotatable bonds is 4. The molecular formula is C13H15BrN2O2S. The first-order chi connectivity index (χ1) is 9.06. The standard InChI is InChI=1S/C13H15BrN2O2S/c14-8-10-4-6-12(7-5-10)19(17,18)16-13-3-1-2-11(13)9-15/h4-7,11,13,16H,1-3,8H2. The molecule has 0 spiro atoms. The summed E-state index contributed by atoms with van der Waals surface area (Å²) in [4.78, 5) is 0.251. The summed E-state index contributed by atoms with van der Waals surface area (Å²) in [5, 5.41) is 9.68. The van der Waals surface area contributed by atoms with Crippen molar-refractivity contribution in [3.8, 4) is 6.07 Å². The molecule has 0 bridgehead atoms. The molecule has 0 aromatic heterocycles. The van der Waals surface area contributed by atoms with Crippen molar-refractivity contribution in [3.05, 3.63) is 29.8 Å². The average Bonchev–Trinajstić information content (AvgIpc) is 2.85. The van der Waals surface area contributed by atoms with Crippen LogP contribution in [0.25, 0.3) is 0 Å². The van der Waals surface area contributed by atoms with E-state index in [-0.39, 0.29) is 16.9 Å². The molecule has 1 aliphatic carbocycles. The van der Waals surface area contributed by atoms with E-state index in [0.29, 0.717) is 5.33 Å². The summed E-state index contributed by atoms with van der Waals surface area (Å²) in [6, 6.07) is 8.65. The number of sulfonamides is 1. The molecule has 19 heavy (non-hydrogen) atoms. The predicted molar refractivity (Wildman–Crippen MR) is 76.1 cm³/mol. The molecule has 0 heterocycles. The van der Waals surface area contributed by atoms with Gasteiger partial charge in [0.2, 0.25) is 10.0 Å². The minimum absolute atomic E-state index is 0.211. The Hall–Kier alpha value is -0.900. The van der Waals surface area contributed by atoms with E-state index < -0.39 is 10.0 Å². The van der Waals surface area contributed by atoms with E-state index >= 15 is 0 Å². The predicted octanol–water partition coefficient (Wildman–Crippen LogP) is 2.55. The quantitative estimate of drug-likeness (QED) is 0.854. The fourth-order valence-corrected chi connectivity index (χ4v) is 3.97. The Bertz CT molecular complexity index is 578. The fourth-order valence-electron chi connectivity index (χ4n) is 2.28. The van der Waals surface area contributed by atoms with Crippen LogP contribution >= 0.6 is 15.9 Å². The number of nitrogens with one attached hydrogen (secondary N) is 1. The van der Waals surface area contributed by atoms with Crippen molar-refractivity contribution >= 4 is 26.0 Å². The molecule has 1 fully saturated rings. The van der Waals surface area contributed by atoms with Gasteiger partial charge in [-0.2, -0.15) is 5.26 Å². The van der Waals surface area contributed by atoms with Crippen LogP contribution < -0.4 is 4.72 Å². The van der Waals surface area contributed by atoms with Gasteiger partial charge in [0.05, 0.1) is 16.9 Å². The van der Waals surface area contributed by atoms with E-state index in [1.165, 1.54) is 0 Å². The smallest absolute Gasteiger partial charge is 0.207 e. The highest BCUT2D eigenvalue weighted by Crippen LogP contribution is 2.26. The second-order valence-electron chi connectivity index (χ2n) is 4.67. The lowest BCUT2D eigenvalue weighted by molar-refractivity contribution is 0.515. The highest BCUT2D eigenvalue weighted by Gasteiger charge is 2.31. The van der Waals surface area contributed by atoms with E-state index in [4.69, 9.17) is 5.26 Å². The summed E-state index contributed by atoms with van der Waals surface area (Å²) in [7, 11) is -3.53. The van der Waals surface area contributed by atoms with Gasteiger partial charge in [-0.1, -0.05) is 34.5 Å². The highest BCUT2D eigenvalue weighted by atomic mass is 79.9. The Balaban J connectivity index is 2.15. The third-order valence-electron chi connectivity index (χ3n) is 3.38. The molecule has 2 rings (SSSR count). The van der Waals surface area contributed by atoms with Gasteiger partial charge >= 0.3 is 0 Å². The number of benzene rings is 1. The molecule has 4 nitrogen and oxygen atoms in total. The number of alkyl halides is 1. The number of nitriles is 1. The first kappa shape index (κ1) is 14.5. The van der Waals surface area contributed by atoms with E-state index in [1.807, 2.05) is 0 Å². The van der Waals surface area contributed by atoms with Crippen LogP contribution in [0.3, 0.4) is 0 Å². The fraction of sp³-hybridized carbons (Fsp3) is 0.462. The molecule has 1 N–H and O–H groups in total. The highest BCUT2D eigenvalue weighted by molar-refractivity contribution is 9.08. The molecule has 1 aromatic rings. The molecule has 1 aromatic carbocycles. The third kappa shape index (κ3) is 3.35. The Labute approximate surface area is 122 Å². The molecule has 102 valence electrons. The third-order valence-corrected chi connectivity index (χ3v) is 5.53. The summed E-state index contributed by atoms with van der Waals surface area (Å²) in [6.45, 7) is 0. The summed E-state index contributed by atoms with van der Waals surface area (Å²) in [5.74, 6) is -0.211. The molecule has 1 aliphatic rings. The Morgan fingerprint density at radius 1 is 1.32 bits per heavy atom. The Morgan fingerprint density at radius 2 is 2.00 bits per heavy atom. The zero-order chi connectivity index (χ0) is 13.9. The van der Waals surface area contributed by atoms with Gasteiger partial charge < -0.3 is 0 Å². The second-order valence-corrected chi connectivity index (χ2v) is 6.95. The number of halogens is 1. The van der Waals surface area contributed by atoms with Gasteiger partial charge in [0.1, 0.15) is 0 Å². The molecule has 6 heteroatoms. The van der Waals surface area contributed by atoms with Gasteiger partial charge in [-0.25, -0.2) is 13.1 Å². The summed E-state index contributed by atoms with van der Waals surface area (Å²) < 4.78 is 27.1. The molecule has 0 aliphatic heterocycles. The SMILES string of the molecule is N#CC1CCCC1NS(=O)(=O)c1ccc(CBr)cc1. The van der Waals surface area contributed by atoms with E-state index in [9.17, 15) is 8.42 Å². The lowest BCUT2D eigenvalue weighted by Gasteiger charge is -2.15. The van der Waals surface area contributed by atoms with Gasteiger partial charge in [-0.15, -0.1) is 0 Å². The molecular weight excluding hydrogens is 328 g/mol. The van der Waals surface area contributed by atoms with Crippen LogP contribution in [0.5, 0.6) is 0 Å². The van der Waals surface area contributed by atoms with Gasteiger partial charge in [-0.05, 0) is 30.5 Å². The lowest BCUT2D eigenvalue weighted by Crippen LogP contribution is -2.36. The molecule has 0 radical (unpaired) electrons. The van der Waals surface area contributed by atoms with Crippen molar-refractivity contribution in [2.24, 2.45) is 5.92 Å². The molecule has 0 saturated heterocycles. The number of hydrogen-bond donors (Lipinski definition) is 1. The summed E-state index contributed by atoms with van der Waals surface area (Å²) in [5.41, 5.74) is 1.02. The van der Waals surface area contributed by atoms with Crippen LogP contribution in [-0.2, 0) is 15.4 Å². The van der Waals surface area contributed by atoms with E-state index in [1.54, 1.807) is 24.3 Å². The van der Waals surface area contributed by atoms with Crippen molar-refractivity contribution in [3.63, 3.8) is 0 Å². The molecule has 2 unspecified atom stereocenters. The van der Waals surface area contributed by atoms with Gasteiger partial charge in [0.15, 0.2) is 0 Å². The van der Waals surface area contributed by atoms with Crippen molar-refractivity contribution in [2.45, 2.75) is 35.5 Å². The maximum absolute atomic E-state index is 12.2. The maximum atomic E-state index is 12.2. The minimum atomic E-state index is -3.53. The zero-order valence-electron chi connectivity index (χ0n) is 10.3. The number of hydrogen-bond acceptors (Lipinski definition) is 3. The average molecular weight is 343 g/mol.